The minimum Gasteiger partial charge on any atom is -0.488 e. The van der Waals surface area contributed by atoms with E-state index < -0.39 is 5.97 Å². The van der Waals surface area contributed by atoms with E-state index in [1.54, 1.807) is 6.07 Å². The molecule has 0 saturated heterocycles. The number of nitrogens with zero attached hydrogens (tertiary/aromatic N) is 1. The Morgan fingerprint density at radius 2 is 2.40 bits per heavy atom. The van der Waals surface area contributed by atoms with Gasteiger partial charge in [-0.1, -0.05) is 0 Å². The van der Waals surface area contributed by atoms with E-state index in [9.17, 15) is 4.79 Å². The second-order valence-electron chi connectivity index (χ2n) is 3.47. The molecule has 5 nitrogen and oxygen atoms in total. The van der Waals surface area contributed by atoms with Gasteiger partial charge in [0, 0.05) is 18.3 Å². The average Bonchev–Trinajstić information content (AvgIpc) is 3.01. The summed E-state index contributed by atoms with van der Waals surface area (Å²) in [7, 11) is 0. The van der Waals surface area contributed by atoms with E-state index >= 15 is 0 Å². The van der Waals surface area contributed by atoms with Gasteiger partial charge >= 0.3 is 5.97 Å². The van der Waals surface area contributed by atoms with Crippen LogP contribution in [0, 0.1) is 0 Å². The number of nitrogens with two attached hydrogens (primary N) is 1. The maximum absolute atomic E-state index is 10.9. The highest BCUT2D eigenvalue weighted by atomic mass is 16.5. The maximum atomic E-state index is 10.9. The molecule has 80 valence electrons. The number of carbonyl (C=O) groups is 1. The molecular weight excluding hydrogens is 196 g/mol. The van der Waals surface area contributed by atoms with Crippen LogP contribution in [-0.4, -0.2) is 22.2 Å². The van der Waals surface area contributed by atoms with Crippen LogP contribution >= 0.6 is 0 Å². The number of carboxylic acid groups (broad SMARTS) is 1. The van der Waals surface area contributed by atoms with Crippen molar-refractivity contribution in [2.75, 3.05) is 0 Å². The Morgan fingerprint density at radius 1 is 1.67 bits per heavy atom. The van der Waals surface area contributed by atoms with Crippen molar-refractivity contribution < 1.29 is 14.6 Å². The second-order valence-corrected chi connectivity index (χ2v) is 3.47. The molecule has 1 aromatic heterocycles. The fraction of sp³-hybridized carbons (Fsp3) is 0.400. The zero-order valence-corrected chi connectivity index (χ0v) is 8.14. The van der Waals surface area contributed by atoms with Gasteiger partial charge in [0.2, 0.25) is 0 Å². The van der Waals surface area contributed by atoms with Crippen LogP contribution in [0.25, 0.3) is 0 Å². The summed E-state index contributed by atoms with van der Waals surface area (Å²) in [5.74, 6) is -0.754. The highest BCUT2D eigenvalue weighted by molar-refractivity contribution is 5.89. The Labute approximate surface area is 86.9 Å². The number of hydrogen-bond donors (Lipinski definition) is 2. The summed E-state index contributed by atoms with van der Waals surface area (Å²) < 4.78 is 5.52. The summed E-state index contributed by atoms with van der Waals surface area (Å²) in [4.78, 5) is 14.7. The molecule has 0 unspecified atom stereocenters. The van der Waals surface area contributed by atoms with Crippen LogP contribution < -0.4 is 10.5 Å². The molecule has 1 heterocycles. The number of ether oxygens (including phenoxy) is 1. The Bertz CT molecular complexity index is 388. The van der Waals surface area contributed by atoms with Gasteiger partial charge in [-0.05, 0) is 18.9 Å². The zero-order valence-electron chi connectivity index (χ0n) is 8.14. The van der Waals surface area contributed by atoms with Crippen LogP contribution in [0.4, 0.5) is 0 Å². The van der Waals surface area contributed by atoms with E-state index in [0.717, 1.165) is 12.8 Å². The molecule has 15 heavy (non-hydrogen) atoms. The highest BCUT2D eigenvalue weighted by Gasteiger charge is 2.27. The molecule has 0 radical (unpaired) electrons. The predicted molar refractivity (Wildman–Crippen MR) is 52.7 cm³/mol. The first-order valence-electron chi connectivity index (χ1n) is 4.80. The van der Waals surface area contributed by atoms with Gasteiger partial charge in [-0.3, -0.25) is 0 Å². The van der Waals surface area contributed by atoms with E-state index in [2.05, 4.69) is 4.98 Å². The van der Waals surface area contributed by atoms with E-state index in [0.29, 0.717) is 11.3 Å². The van der Waals surface area contributed by atoms with E-state index in [1.807, 2.05) is 0 Å². The molecule has 1 aliphatic rings. The summed E-state index contributed by atoms with van der Waals surface area (Å²) >= 11 is 0. The summed E-state index contributed by atoms with van der Waals surface area (Å²) in [5, 5.41) is 8.94. The van der Waals surface area contributed by atoms with Crippen molar-refractivity contribution in [2.24, 2.45) is 5.73 Å². The molecule has 0 spiro atoms. The first-order chi connectivity index (χ1) is 7.22. The largest absolute Gasteiger partial charge is 0.488 e. The maximum Gasteiger partial charge on any atom is 0.358 e. The summed E-state index contributed by atoms with van der Waals surface area (Å²) in [6.07, 6.45) is 3.51. The molecule has 1 fully saturated rings. The predicted octanol–water partition coefficient (Wildman–Crippen LogP) is 0.780. The van der Waals surface area contributed by atoms with Crippen LogP contribution in [0.5, 0.6) is 5.75 Å². The first kappa shape index (κ1) is 9.92. The lowest BCUT2D eigenvalue weighted by molar-refractivity contribution is 0.0684. The number of aromatic nitrogens is 1. The normalized spacial score (nSPS) is 15.0. The quantitative estimate of drug-likeness (QED) is 0.763. The van der Waals surface area contributed by atoms with Gasteiger partial charge in [-0.25, -0.2) is 9.78 Å². The van der Waals surface area contributed by atoms with Crippen LogP contribution in [0.15, 0.2) is 12.3 Å². The lowest BCUT2D eigenvalue weighted by Gasteiger charge is -2.11. The van der Waals surface area contributed by atoms with Crippen molar-refractivity contribution in [3.05, 3.63) is 23.5 Å². The van der Waals surface area contributed by atoms with Gasteiger partial charge in [0.05, 0.1) is 6.10 Å². The Morgan fingerprint density at radius 3 is 2.93 bits per heavy atom. The number of aromatic carboxylic acids is 1. The summed E-state index contributed by atoms with van der Waals surface area (Å²) in [5.41, 5.74) is 6.15. The number of carboxylic acids is 1. The van der Waals surface area contributed by atoms with Gasteiger partial charge in [0.25, 0.3) is 0 Å². The minimum absolute atomic E-state index is 0.0511. The van der Waals surface area contributed by atoms with Gasteiger partial charge in [-0.15, -0.1) is 0 Å². The number of rotatable bonds is 4. The molecule has 0 bridgehead atoms. The van der Waals surface area contributed by atoms with Crippen molar-refractivity contribution in [1.82, 2.24) is 4.98 Å². The zero-order chi connectivity index (χ0) is 10.8. The minimum atomic E-state index is -1.08. The van der Waals surface area contributed by atoms with Crippen molar-refractivity contribution in [1.29, 1.82) is 0 Å². The third-order valence-electron chi connectivity index (χ3n) is 2.22. The molecule has 2 rings (SSSR count). The first-order valence-corrected chi connectivity index (χ1v) is 4.80. The van der Waals surface area contributed by atoms with Gasteiger partial charge in [0.1, 0.15) is 0 Å². The van der Waals surface area contributed by atoms with Crippen molar-refractivity contribution >= 4 is 5.97 Å². The molecule has 0 amide bonds. The average molecular weight is 208 g/mol. The van der Waals surface area contributed by atoms with E-state index in [1.165, 1.54) is 6.20 Å². The molecule has 0 aliphatic heterocycles. The molecule has 5 heteroatoms. The number of pyridine rings is 1. The van der Waals surface area contributed by atoms with Gasteiger partial charge in [-0.2, -0.15) is 0 Å². The smallest absolute Gasteiger partial charge is 0.358 e. The molecule has 3 N–H and O–H groups in total. The third kappa shape index (κ3) is 2.07. The fourth-order valence-electron chi connectivity index (χ4n) is 1.29. The van der Waals surface area contributed by atoms with E-state index in [-0.39, 0.29) is 18.3 Å². The monoisotopic (exact) mass is 208 g/mol. The lowest BCUT2D eigenvalue weighted by Crippen LogP contribution is -2.11. The Kier molecular flexibility index (Phi) is 2.55. The molecular formula is C10H12N2O3. The highest BCUT2D eigenvalue weighted by Crippen LogP contribution is 2.30. The Hall–Kier alpha value is -1.62. The molecule has 1 aromatic rings. The van der Waals surface area contributed by atoms with Crippen LogP contribution in [0.1, 0.15) is 28.9 Å². The third-order valence-corrected chi connectivity index (χ3v) is 2.22. The molecule has 1 saturated carbocycles. The van der Waals surface area contributed by atoms with Crippen LogP contribution in [0.2, 0.25) is 0 Å². The SMILES string of the molecule is NCc1ccnc(C(=O)O)c1OC1CC1. The van der Waals surface area contributed by atoms with Crippen molar-refractivity contribution in [3.63, 3.8) is 0 Å². The van der Waals surface area contributed by atoms with Crippen LogP contribution in [-0.2, 0) is 6.54 Å². The second kappa shape index (κ2) is 3.86. The fourth-order valence-corrected chi connectivity index (χ4v) is 1.29. The van der Waals surface area contributed by atoms with Gasteiger partial charge in [0.15, 0.2) is 11.4 Å². The molecule has 0 atom stereocenters. The Balaban J connectivity index is 2.38. The van der Waals surface area contributed by atoms with Crippen LogP contribution in [0.3, 0.4) is 0 Å². The lowest BCUT2D eigenvalue weighted by atomic mass is 10.2. The van der Waals surface area contributed by atoms with Crippen molar-refractivity contribution in [2.45, 2.75) is 25.5 Å². The molecule has 1 aliphatic carbocycles. The summed E-state index contributed by atoms with van der Waals surface area (Å²) in [6, 6.07) is 1.68. The van der Waals surface area contributed by atoms with Crippen molar-refractivity contribution in [3.8, 4) is 5.75 Å². The topological polar surface area (TPSA) is 85.4 Å². The summed E-state index contributed by atoms with van der Waals surface area (Å²) in [6.45, 7) is 0.255. The van der Waals surface area contributed by atoms with Gasteiger partial charge < -0.3 is 15.6 Å². The van der Waals surface area contributed by atoms with E-state index in [4.69, 9.17) is 15.6 Å². The number of hydrogen-bond acceptors (Lipinski definition) is 4. The standard InChI is InChI=1S/C10H12N2O3/c11-5-6-3-4-12-8(10(13)14)9(6)15-7-1-2-7/h3-4,7H,1-2,5,11H2,(H,13,14). The molecule has 0 aromatic carbocycles.